The maximum absolute atomic E-state index is 11.1. The highest BCUT2D eigenvalue weighted by Gasteiger charge is 2.07. The molecule has 1 rings (SSSR count). The lowest BCUT2D eigenvalue weighted by Crippen LogP contribution is -1.98. The molecule has 92 valence electrons. The minimum atomic E-state index is -0.394. The van der Waals surface area contributed by atoms with Crippen LogP contribution in [0.3, 0.4) is 0 Å². The van der Waals surface area contributed by atoms with Gasteiger partial charge in [-0.25, -0.2) is 4.79 Å². The molecule has 0 spiro atoms. The highest BCUT2D eigenvalue weighted by atomic mass is 127. The molecule has 0 fully saturated rings. The van der Waals surface area contributed by atoms with Gasteiger partial charge in [0.2, 0.25) is 0 Å². The minimum absolute atomic E-state index is 0.0985. The average Bonchev–Trinajstić information content (AvgIpc) is 2.31. The van der Waals surface area contributed by atoms with E-state index in [9.17, 15) is 9.90 Å². The molecule has 0 unspecified atom stereocenters. The summed E-state index contributed by atoms with van der Waals surface area (Å²) in [7, 11) is 1.48. The molecular formula is C12H13IO4. The topological polar surface area (TPSA) is 55.8 Å². The van der Waals surface area contributed by atoms with Crippen molar-refractivity contribution in [1.29, 1.82) is 0 Å². The molecular weight excluding hydrogens is 335 g/mol. The van der Waals surface area contributed by atoms with Gasteiger partial charge in [0.25, 0.3) is 0 Å². The summed E-state index contributed by atoms with van der Waals surface area (Å²) in [4.78, 5) is 11.1. The van der Waals surface area contributed by atoms with Gasteiger partial charge in [0.1, 0.15) is 0 Å². The third-order valence-corrected chi connectivity index (χ3v) is 2.79. The first kappa shape index (κ1) is 13.8. The number of carbonyl (C=O) groups is 1. The number of methoxy groups -OCH3 is 1. The number of phenols is 1. The molecule has 0 amide bonds. The summed E-state index contributed by atoms with van der Waals surface area (Å²) in [5.74, 6) is 0.0799. The minimum Gasteiger partial charge on any atom is -0.504 e. The molecule has 0 atom stereocenters. The average molecular weight is 348 g/mol. The van der Waals surface area contributed by atoms with Crippen molar-refractivity contribution in [2.75, 3.05) is 13.7 Å². The van der Waals surface area contributed by atoms with E-state index in [1.807, 2.05) is 22.6 Å². The third kappa shape index (κ3) is 3.92. The molecule has 4 nitrogen and oxygen atoms in total. The molecule has 0 bridgehead atoms. The van der Waals surface area contributed by atoms with Crippen LogP contribution < -0.4 is 4.74 Å². The summed E-state index contributed by atoms with van der Waals surface area (Å²) in [6, 6.07) is 3.39. The van der Waals surface area contributed by atoms with Gasteiger partial charge in [0.15, 0.2) is 11.5 Å². The van der Waals surface area contributed by atoms with Crippen molar-refractivity contribution < 1.29 is 19.4 Å². The van der Waals surface area contributed by atoms with Crippen LogP contribution in [0.15, 0.2) is 18.2 Å². The first-order valence-corrected chi connectivity index (χ1v) is 6.07. The second-order valence-corrected chi connectivity index (χ2v) is 4.30. The van der Waals surface area contributed by atoms with Gasteiger partial charge in [-0.15, -0.1) is 0 Å². The van der Waals surface area contributed by atoms with Crippen molar-refractivity contribution in [2.45, 2.75) is 6.92 Å². The molecule has 0 aliphatic heterocycles. The fourth-order valence-corrected chi connectivity index (χ4v) is 1.83. The van der Waals surface area contributed by atoms with Crippen LogP contribution in [0.1, 0.15) is 12.5 Å². The second-order valence-electron chi connectivity index (χ2n) is 3.14. The first-order chi connectivity index (χ1) is 8.08. The monoisotopic (exact) mass is 348 g/mol. The second kappa shape index (κ2) is 6.48. The van der Waals surface area contributed by atoms with Crippen molar-refractivity contribution in [2.24, 2.45) is 0 Å². The Balaban J connectivity index is 2.92. The molecule has 0 aliphatic carbocycles. The summed E-state index contributed by atoms with van der Waals surface area (Å²) in [6.45, 7) is 2.10. The van der Waals surface area contributed by atoms with Gasteiger partial charge in [-0.3, -0.25) is 0 Å². The number of aromatic hydroxyl groups is 1. The van der Waals surface area contributed by atoms with Crippen molar-refractivity contribution >= 4 is 34.6 Å². The fraction of sp³-hybridized carbons (Fsp3) is 0.250. The van der Waals surface area contributed by atoms with Crippen molar-refractivity contribution in [3.63, 3.8) is 0 Å². The van der Waals surface area contributed by atoms with E-state index in [4.69, 9.17) is 9.47 Å². The Morgan fingerprint density at radius 3 is 2.82 bits per heavy atom. The maximum Gasteiger partial charge on any atom is 0.330 e. The van der Waals surface area contributed by atoms with E-state index in [1.165, 1.54) is 13.2 Å². The smallest absolute Gasteiger partial charge is 0.330 e. The standard InChI is InChI=1S/C12H13IO4/c1-3-17-11(14)5-4-8-6-9(13)12(15)10(7-8)16-2/h4-7,15H,3H2,1-2H3/b5-4+. The highest BCUT2D eigenvalue weighted by Crippen LogP contribution is 2.32. The lowest BCUT2D eigenvalue weighted by Gasteiger charge is -2.06. The predicted octanol–water partition coefficient (Wildman–Crippen LogP) is 2.58. The van der Waals surface area contributed by atoms with E-state index in [0.717, 1.165) is 5.56 Å². The number of hydrogen-bond donors (Lipinski definition) is 1. The van der Waals surface area contributed by atoms with E-state index in [1.54, 1.807) is 25.1 Å². The molecule has 1 aromatic carbocycles. The van der Waals surface area contributed by atoms with Crippen molar-refractivity contribution in [3.05, 3.63) is 27.3 Å². The Hall–Kier alpha value is -1.24. The molecule has 1 N–H and O–H groups in total. The molecule has 0 saturated carbocycles. The lowest BCUT2D eigenvalue weighted by atomic mass is 10.2. The normalized spacial score (nSPS) is 10.5. The first-order valence-electron chi connectivity index (χ1n) is 4.99. The summed E-state index contributed by atoms with van der Waals surface area (Å²) in [6.07, 6.45) is 2.95. The van der Waals surface area contributed by atoms with Gasteiger partial charge in [0.05, 0.1) is 17.3 Å². The van der Waals surface area contributed by atoms with Gasteiger partial charge < -0.3 is 14.6 Å². The van der Waals surface area contributed by atoms with E-state index >= 15 is 0 Å². The number of esters is 1. The molecule has 0 aromatic heterocycles. The van der Waals surface area contributed by atoms with E-state index < -0.39 is 5.97 Å². The third-order valence-electron chi connectivity index (χ3n) is 1.97. The predicted molar refractivity (Wildman–Crippen MR) is 73.0 cm³/mol. The van der Waals surface area contributed by atoms with Gasteiger partial charge >= 0.3 is 5.97 Å². The van der Waals surface area contributed by atoms with E-state index in [2.05, 4.69) is 0 Å². The number of phenolic OH excluding ortho intramolecular Hbond substituents is 1. The quantitative estimate of drug-likeness (QED) is 0.516. The molecule has 1 aromatic rings. The number of rotatable bonds is 4. The van der Waals surface area contributed by atoms with Crippen molar-refractivity contribution in [1.82, 2.24) is 0 Å². The van der Waals surface area contributed by atoms with Crippen molar-refractivity contribution in [3.8, 4) is 11.5 Å². The van der Waals surface area contributed by atoms with Gasteiger partial charge in [-0.2, -0.15) is 0 Å². The van der Waals surface area contributed by atoms with Crippen LogP contribution in [0.4, 0.5) is 0 Å². The number of carbonyl (C=O) groups excluding carboxylic acids is 1. The van der Waals surface area contributed by atoms with E-state index in [-0.39, 0.29) is 5.75 Å². The molecule has 0 heterocycles. The van der Waals surface area contributed by atoms with Gasteiger partial charge in [-0.1, -0.05) is 0 Å². The largest absolute Gasteiger partial charge is 0.504 e. The Bertz CT molecular complexity index is 440. The van der Waals surface area contributed by atoms with Crippen LogP contribution in [0.2, 0.25) is 0 Å². The highest BCUT2D eigenvalue weighted by molar-refractivity contribution is 14.1. The van der Waals surface area contributed by atoms with Crippen LogP contribution in [-0.2, 0) is 9.53 Å². The molecule has 17 heavy (non-hydrogen) atoms. The SMILES string of the molecule is CCOC(=O)/C=C/c1cc(I)c(O)c(OC)c1. The molecule has 0 aliphatic rings. The summed E-state index contributed by atoms with van der Waals surface area (Å²) in [5, 5.41) is 9.64. The number of ether oxygens (including phenoxy) is 2. The fourth-order valence-electron chi connectivity index (χ4n) is 1.20. The lowest BCUT2D eigenvalue weighted by molar-refractivity contribution is -0.137. The van der Waals surface area contributed by atoms with Crippen LogP contribution in [-0.4, -0.2) is 24.8 Å². The van der Waals surface area contributed by atoms with Crippen LogP contribution in [0.5, 0.6) is 11.5 Å². The van der Waals surface area contributed by atoms with Gasteiger partial charge in [0, 0.05) is 6.08 Å². The molecule has 5 heteroatoms. The summed E-state index contributed by atoms with van der Waals surface area (Å²) < 4.78 is 10.4. The van der Waals surface area contributed by atoms with Crippen LogP contribution in [0.25, 0.3) is 6.08 Å². The Morgan fingerprint density at radius 1 is 1.53 bits per heavy atom. The maximum atomic E-state index is 11.1. The zero-order valence-corrected chi connectivity index (χ0v) is 11.7. The number of hydrogen-bond acceptors (Lipinski definition) is 4. The number of benzene rings is 1. The summed E-state index contributed by atoms with van der Waals surface area (Å²) in [5.41, 5.74) is 0.761. The Labute approximate surface area is 113 Å². The zero-order valence-electron chi connectivity index (χ0n) is 9.57. The molecule has 0 radical (unpaired) electrons. The molecule has 0 saturated heterocycles. The van der Waals surface area contributed by atoms with Crippen LogP contribution >= 0.6 is 22.6 Å². The van der Waals surface area contributed by atoms with Crippen LogP contribution in [0, 0.1) is 3.57 Å². The summed E-state index contributed by atoms with van der Waals surface area (Å²) >= 11 is 1.99. The Morgan fingerprint density at radius 2 is 2.24 bits per heavy atom. The van der Waals surface area contributed by atoms with Gasteiger partial charge in [-0.05, 0) is 53.3 Å². The zero-order chi connectivity index (χ0) is 12.8. The number of halogens is 1. The van der Waals surface area contributed by atoms with E-state index in [0.29, 0.717) is 15.9 Å². The Kier molecular flexibility index (Phi) is 5.27.